The zero-order valence-corrected chi connectivity index (χ0v) is 31.3. The lowest BCUT2D eigenvalue weighted by molar-refractivity contribution is -0.139. The van der Waals surface area contributed by atoms with Crippen LogP contribution in [0.4, 0.5) is 0 Å². The zero-order chi connectivity index (χ0) is 31.7. The van der Waals surface area contributed by atoms with Crippen molar-refractivity contribution in [1.29, 1.82) is 0 Å². The highest BCUT2D eigenvalue weighted by Crippen LogP contribution is 2.34. The van der Waals surface area contributed by atoms with Gasteiger partial charge in [-0.3, -0.25) is 9.59 Å². The Labute approximate surface area is 256 Å². The molecule has 3 fully saturated rings. The predicted molar refractivity (Wildman–Crippen MR) is 174 cm³/mol. The molecule has 0 aromatic heterocycles. The lowest BCUT2D eigenvalue weighted by Crippen LogP contribution is -2.60. The summed E-state index contributed by atoms with van der Waals surface area (Å²) in [7, 11) is -8.40. The summed E-state index contributed by atoms with van der Waals surface area (Å²) in [4.78, 5) is 42.0. The van der Waals surface area contributed by atoms with E-state index in [1.54, 1.807) is 6.92 Å². The number of allylic oxidation sites excluding steroid dienone is 1. The summed E-state index contributed by atoms with van der Waals surface area (Å²) in [6.07, 6.45) is 2.20. The van der Waals surface area contributed by atoms with Crippen LogP contribution in [0, 0.1) is 0 Å². The number of hydrogen-bond acceptors (Lipinski definition) is 10. The highest BCUT2D eigenvalue weighted by molar-refractivity contribution is 6.90. The smallest absolute Gasteiger partial charge is 0.462 e. The molecule has 3 saturated heterocycles. The Morgan fingerprint density at radius 2 is 1.19 bits per heavy atom. The SMILES string of the molecule is C=C(C)C(=O)OCCC[Si](O[Si](C)(C)C)(O[Si](C)(C)C)O[Si](C)(C)C.O=C1C=C(N2CC2)C(=O)C(N2CC2)=C1N1CC1. The number of ketones is 2. The highest BCUT2D eigenvalue weighted by atomic mass is 28.5. The first-order valence-electron chi connectivity index (χ1n) is 14.9. The largest absolute Gasteiger partial charge is 0.469 e. The van der Waals surface area contributed by atoms with E-state index in [2.05, 4.69) is 65.5 Å². The van der Waals surface area contributed by atoms with Gasteiger partial charge in [-0.25, -0.2) is 4.79 Å². The number of esters is 1. The molecule has 4 rings (SSSR count). The van der Waals surface area contributed by atoms with E-state index in [1.807, 2.05) is 14.7 Å². The van der Waals surface area contributed by atoms with Crippen LogP contribution in [0.2, 0.25) is 65.0 Å². The number of nitrogens with zero attached hydrogens (tertiary/aromatic N) is 3. The molecule has 0 radical (unpaired) electrons. The highest BCUT2D eigenvalue weighted by Gasteiger charge is 2.49. The van der Waals surface area contributed by atoms with Crippen molar-refractivity contribution in [2.75, 3.05) is 45.9 Å². The van der Waals surface area contributed by atoms with Crippen LogP contribution in [0.25, 0.3) is 0 Å². The van der Waals surface area contributed by atoms with E-state index < -0.39 is 33.8 Å². The molecule has 0 bridgehead atoms. The van der Waals surface area contributed by atoms with Gasteiger partial charge in [0.1, 0.15) is 11.4 Å². The maximum Gasteiger partial charge on any atom is 0.469 e. The molecule has 3 heterocycles. The van der Waals surface area contributed by atoms with Crippen LogP contribution in [0.3, 0.4) is 0 Å². The fourth-order valence-corrected chi connectivity index (χ4v) is 19.1. The molecule has 0 aromatic carbocycles. The molecule has 3 aliphatic heterocycles. The van der Waals surface area contributed by atoms with Crippen molar-refractivity contribution in [1.82, 2.24) is 14.7 Å². The maximum atomic E-state index is 12.4. The Balaban J connectivity index is 0.000000243. The molecule has 0 aromatic rings. The Bertz CT molecular complexity index is 1100. The Morgan fingerprint density at radius 1 is 0.762 bits per heavy atom. The van der Waals surface area contributed by atoms with Crippen LogP contribution in [0.15, 0.2) is 35.3 Å². The average molecular weight is 654 g/mol. The molecular formula is C28H51N3O7Si4. The second kappa shape index (κ2) is 13.0. The van der Waals surface area contributed by atoms with E-state index >= 15 is 0 Å². The number of carbonyl (C=O) groups is 3. The van der Waals surface area contributed by atoms with Crippen molar-refractivity contribution in [2.24, 2.45) is 0 Å². The van der Waals surface area contributed by atoms with Crippen molar-refractivity contribution < 1.29 is 31.5 Å². The molecule has 0 atom stereocenters. The van der Waals surface area contributed by atoms with Crippen LogP contribution < -0.4 is 0 Å². The number of carbonyl (C=O) groups excluding carboxylic acids is 3. The van der Waals surface area contributed by atoms with Gasteiger partial charge < -0.3 is 31.8 Å². The number of ether oxygens (including phenoxy) is 1. The minimum atomic E-state index is -2.83. The van der Waals surface area contributed by atoms with E-state index in [-0.39, 0.29) is 17.5 Å². The van der Waals surface area contributed by atoms with E-state index in [9.17, 15) is 14.4 Å². The minimum Gasteiger partial charge on any atom is -0.462 e. The van der Waals surface area contributed by atoms with Crippen LogP contribution in [0.5, 0.6) is 0 Å². The molecule has 1 aliphatic carbocycles. The molecule has 0 unspecified atom stereocenters. The Morgan fingerprint density at radius 3 is 1.57 bits per heavy atom. The monoisotopic (exact) mass is 653 g/mol. The Hall–Kier alpha value is -1.82. The Kier molecular flexibility index (Phi) is 10.8. The molecule has 0 saturated carbocycles. The van der Waals surface area contributed by atoms with E-state index in [4.69, 9.17) is 17.1 Å². The molecule has 4 aliphatic rings. The van der Waals surface area contributed by atoms with Gasteiger partial charge in [0.15, 0.2) is 25.0 Å². The van der Waals surface area contributed by atoms with E-state index in [0.717, 1.165) is 39.3 Å². The maximum absolute atomic E-state index is 12.4. The molecule has 0 spiro atoms. The van der Waals surface area contributed by atoms with Crippen LogP contribution >= 0.6 is 0 Å². The lowest BCUT2D eigenvalue weighted by atomic mass is 10.0. The summed E-state index contributed by atoms with van der Waals surface area (Å²) in [5.74, 6) is -0.303. The van der Waals surface area contributed by atoms with Crippen LogP contribution in [0.1, 0.15) is 13.3 Å². The lowest BCUT2D eigenvalue weighted by Gasteiger charge is -2.42. The van der Waals surface area contributed by atoms with E-state index in [0.29, 0.717) is 41.7 Å². The first kappa shape index (κ1) is 34.7. The quantitative estimate of drug-likeness (QED) is 0.0679. The molecular weight excluding hydrogens is 603 g/mol. The predicted octanol–water partition coefficient (Wildman–Crippen LogP) is 4.17. The van der Waals surface area contributed by atoms with E-state index in [1.165, 1.54) is 6.08 Å². The van der Waals surface area contributed by atoms with Crippen LogP contribution in [-0.4, -0.2) is 112 Å². The normalized spacial score (nSPS) is 18.9. The van der Waals surface area contributed by atoms with Gasteiger partial charge in [-0.05, 0) is 72.3 Å². The summed E-state index contributed by atoms with van der Waals surface area (Å²) in [6.45, 7) is 30.5. The van der Waals surface area contributed by atoms with Gasteiger partial charge in [0.05, 0.1) is 12.3 Å². The third kappa shape index (κ3) is 11.0. The number of hydrogen-bond donors (Lipinski definition) is 0. The molecule has 42 heavy (non-hydrogen) atoms. The fourth-order valence-electron chi connectivity index (χ4n) is 4.47. The standard InChI is InChI=1S/C16H38O5Si4.C12H13N3O2/c1-15(2)16(17)18-13-12-14-25(19-22(3,4)5,20-23(6,7)8)21-24(9,10)11;16-9-7-8(13-1-2-13)12(17)11(15-5-6-15)10(9)14-3-4-14/h1,12-14H2,2-11H3;7H,1-6H2. The fraction of sp³-hybridized carbons (Fsp3) is 0.679. The number of Topliss-reactive ketones (excluding diaryl/α,β-unsaturated/α-hetero) is 1. The third-order valence-corrected chi connectivity index (χ3v) is 18.1. The first-order valence-corrected chi connectivity index (χ1v) is 27.1. The van der Waals surface area contributed by atoms with Crippen LogP contribution in [-0.2, 0) is 31.5 Å². The molecule has 0 N–H and O–H groups in total. The van der Waals surface area contributed by atoms with Gasteiger partial charge in [0.2, 0.25) is 11.6 Å². The van der Waals surface area contributed by atoms with Gasteiger partial charge in [0, 0.05) is 57.0 Å². The topological polar surface area (TPSA) is 97.2 Å². The third-order valence-electron chi connectivity index (χ3n) is 6.08. The molecule has 0 amide bonds. The summed E-state index contributed by atoms with van der Waals surface area (Å²) in [5, 5.41) is 0. The van der Waals surface area contributed by atoms with Crippen molar-refractivity contribution in [3.8, 4) is 0 Å². The summed E-state index contributed by atoms with van der Waals surface area (Å²) in [5.41, 5.74) is 2.30. The molecule has 236 valence electrons. The van der Waals surface area contributed by atoms with Crippen molar-refractivity contribution in [3.05, 3.63) is 35.3 Å². The van der Waals surface area contributed by atoms with Crippen molar-refractivity contribution >= 4 is 51.3 Å². The first-order chi connectivity index (χ1) is 19.2. The van der Waals surface area contributed by atoms with Gasteiger partial charge in [0.25, 0.3) is 0 Å². The van der Waals surface area contributed by atoms with Crippen molar-refractivity contribution in [2.45, 2.75) is 78.3 Å². The number of rotatable bonds is 14. The summed E-state index contributed by atoms with van der Waals surface area (Å²) in [6, 6.07) is 0.676. The minimum absolute atomic E-state index is 0.00546. The molecule has 14 heteroatoms. The zero-order valence-electron chi connectivity index (χ0n) is 27.3. The van der Waals surface area contributed by atoms with Gasteiger partial charge >= 0.3 is 14.8 Å². The second-order valence-corrected chi connectivity index (χ2v) is 31.2. The van der Waals surface area contributed by atoms with Gasteiger partial charge in [-0.2, -0.15) is 0 Å². The van der Waals surface area contributed by atoms with Gasteiger partial charge in [-0.15, -0.1) is 0 Å². The average Bonchev–Trinajstić information content (AvgIpc) is 3.64. The van der Waals surface area contributed by atoms with Gasteiger partial charge in [-0.1, -0.05) is 6.58 Å². The summed E-state index contributed by atoms with van der Waals surface area (Å²) >= 11 is 0. The second-order valence-electron chi connectivity index (χ2n) is 14.2. The van der Waals surface area contributed by atoms with Crippen molar-refractivity contribution in [3.63, 3.8) is 0 Å². The molecule has 10 nitrogen and oxygen atoms in total. The summed E-state index contributed by atoms with van der Waals surface area (Å²) < 4.78 is 25.0.